The van der Waals surface area contributed by atoms with Crippen molar-refractivity contribution >= 4 is 11.8 Å². The van der Waals surface area contributed by atoms with Crippen LogP contribution in [-0.4, -0.2) is 30.4 Å². The SMILES string of the molecule is CCc1n[nH]c(CSc2n[nH]c(-c3ccccc3)n2)n1. The lowest BCUT2D eigenvalue weighted by molar-refractivity contribution is 0.944. The molecule has 0 aliphatic rings. The van der Waals surface area contributed by atoms with Crippen molar-refractivity contribution in [3.05, 3.63) is 42.0 Å². The molecule has 1 aromatic carbocycles. The number of aromatic amines is 2. The molecule has 2 aromatic heterocycles. The molecule has 0 radical (unpaired) electrons. The van der Waals surface area contributed by atoms with Crippen LogP contribution in [0.1, 0.15) is 18.6 Å². The molecule has 0 bridgehead atoms. The second kappa shape index (κ2) is 5.87. The van der Waals surface area contributed by atoms with E-state index in [1.165, 1.54) is 11.8 Å². The monoisotopic (exact) mass is 286 g/mol. The number of nitrogens with zero attached hydrogens (tertiary/aromatic N) is 4. The molecule has 0 saturated carbocycles. The van der Waals surface area contributed by atoms with Crippen LogP contribution in [0.25, 0.3) is 11.4 Å². The maximum Gasteiger partial charge on any atom is 0.209 e. The molecule has 0 atom stereocenters. The molecular formula is C13H14N6S. The highest BCUT2D eigenvalue weighted by molar-refractivity contribution is 7.98. The Hall–Kier alpha value is -2.15. The molecular weight excluding hydrogens is 272 g/mol. The smallest absolute Gasteiger partial charge is 0.209 e. The van der Waals surface area contributed by atoms with E-state index in [0.717, 1.165) is 29.5 Å². The number of rotatable bonds is 5. The van der Waals surface area contributed by atoms with Gasteiger partial charge in [0, 0.05) is 12.0 Å². The lowest BCUT2D eigenvalue weighted by atomic mass is 10.2. The fourth-order valence-electron chi connectivity index (χ4n) is 1.73. The molecule has 0 spiro atoms. The Morgan fingerprint density at radius 2 is 1.90 bits per heavy atom. The number of aromatic nitrogens is 6. The van der Waals surface area contributed by atoms with Gasteiger partial charge in [-0.25, -0.2) is 9.97 Å². The summed E-state index contributed by atoms with van der Waals surface area (Å²) in [4.78, 5) is 8.81. The fourth-order valence-corrected chi connectivity index (χ4v) is 2.39. The van der Waals surface area contributed by atoms with Crippen LogP contribution in [-0.2, 0) is 12.2 Å². The Bertz CT molecular complexity index is 675. The van der Waals surface area contributed by atoms with Gasteiger partial charge >= 0.3 is 0 Å². The Labute approximate surface area is 120 Å². The van der Waals surface area contributed by atoms with Gasteiger partial charge in [-0.3, -0.25) is 10.2 Å². The van der Waals surface area contributed by atoms with Gasteiger partial charge in [0.05, 0.1) is 5.75 Å². The summed E-state index contributed by atoms with van der Waals surface area (Å²) in [6.07, 6.45) is 0.833. The number of thioether (sulfide) groups is 1. The summed E-state index contributed by atoms with van der Waals surface area (Å²) in [6.45, 7) is 2.03. The third-order valence-electron chi connectivity index (χ3n) is 2.74. The van der Waals surface area contributed by atoms with Crippen molar-refractivity contribution in [3.8, 4) is 11.4 Å². The molecule has 7 heteroatoms. The van der Waals surface area contributed by atoms with Gasteiger partial charge in [-0.1, -0.05) is 49.0 Å². The van der Waals surface area contributed by atoms with E-state index in [-0.39, 0.29) is 0 Å². The second-order valence-electron chi connectivity index (χ2n) is 4.17. The van der Waals surface area contributed by atoms with E-state index in [1.807, 2.05) is 37.3 Å². The molecule has 0 saturated heterocycles. The maximum absolute atomic E-state index is 4.46. The Morgan fingerprint density at radius 1 is 1.05 bits per heavy atom. The summed E-state index contributed by atoms with van der Waals surface area (Å²) in [7, 11) is 0. The number of hydrogen-bond donors (Lipinski definition) is 2. The Morgan fingerprint density at radius 3 is 2.65 bits per heavy atom. The largest absolute Gasteiger partial charge is 0.262 e. The normalized spacial score (nSPS) is 10.8. The van der Waals surface area contributed by atoms with Crippen LogP contribution < -0.4 is 0 Å². The zero-order chi connectivity index (χ0) is 13.8. The Kier molecular flexibility index (Phi) is 3.78. The molecule has 20 heavy (non-hydrogen) atoms. The summed E-state index contributed by atoms with van der Waals surface area (Å²) < 4.78 is 0. The first-order valence-electron chi connectivity index (χ1n) is 6.36. The molecule has 0 amide bonds. The van der Waals surface area contributed by atoms with Gasteiger partial charge in [-0.15, -0.1) is 5.10 Å². The summed E-state index contributed by atoms with van der Waals surface area (Å²) in [5.41, 5.74) is 1.03. The highest BCUT2D eigenvalue weighted by Gasteiger charge is 2.08. The third kappa shape index (κ3) is 2.88. The number of H-pyrrole nitrogens is 2. The lowest BCUT2D eigenvalue weighted by Crippen LogP contribution is -1.86. The van der Waals surface area contributed by atoms with Crippen LogP contribution in [0, 0.1) is 0 Å². The molecule has 2 heterocycles. The highest BCUT2D eigenvalue weighted by Crippen LogP contribution is 2.20. The van der Waals surface area contributed by atoms with Crippen LogP contribution in [0.15, 0.2) is 35.5 Å². The number of benzene rings is 1. The first-order chi connectivity index (χ1) is 9.85. The number of nitrogens with one attached hydrogen (secondary N) is 2. The average molecular weight is 286 g/mol. The van der Waals surface area contributed by atoms with Crippen molar-refractivity contribution in [2.45, 2.75) is 24.3 Å². The minimum absolute atomic E-state index is 0.680. The Balaban J connectivity index is 1.65. The number of aryl methyl sites for hydroxylation is 1. The van der Waals surface area contributed by atoms with Gasteiger partial charge in [0.2, 0.25) is 5.16 Å². The molecule has 0 aliphatic carbocycles. The standard InChI is InChI=1S/C13H14N6S/c1-2-10-14-11(17-16-10)8-20-13-15-12(18-19-13)9-6-4-3-5-7-9/h3-7H,2,8H2,1H3,(H,14,16,17)(H,15,18,19). The second-order valence-corrected chi connectivity index (χ2v) is 5.12. The quantitative estimate of drug-likeness (QED) is 0.704. The molecule has 102 valence electrons. The summed E-state index contributed by atoms with van der Waals surface area (Å²) in [5, 5.41) is 14.9. The van der Waals surface area contributed by atoms with Crippen molar-refractivity contribution in [3.63, 3.8) is 0 Å². The van der Waals surface area contributed by atoms with Crippen LogP contribution in [0.4, 0.5) is 0 Å². The summed E-state index contributed by atoms with van der Waals surface area (Å²) in [6, 6.07) is 9.93. The molecule has 2 N–H and O–H groups in total. The van der Waals surface area contributed by atoms with E-state index in [4.69, 9.17) is 0 Å². The van der Waals surface area contributed by atoms with Crippen LogP contribution in [0.2, 0.25) is 0 Å². The van der Waals surface area contributed by atoms with E-state index in [2.05, 4.69) is 30.4 Å². The predicted molar refractivity (Wildman–Crippen MR) is 77.1 cm³/mol. The van der Waals surface area contributed by atoms with Crippen molar-refractivity contribution in [1.29, 1.82) is 0 Å². The van der Waals surface area contributed by atoms with Gasteiger partial charge in [0.15, 0.2) is 5.82 Å². The van der Waals surface area contributed by atoms with Gasteiger partial charge in [0.25, 0.3) is 0 Å². The van der Waals surface area contributed by atoms with Crippen molar-refractivity contribution in [1.82, 2.24) is 30.4 Å². The van der Waals surface area contributed by atoms with Crippen molar-refractivity contribution < 1.29 is 0 Å². The summed E-state index contributed by atoms with van der Waals surface area (Å²) >= 11 is 1.53. The van der Waals surface area contributed by atoms with E-state index in [9.17, 15) is 0 Å². The van der Waals surface area contributed by atoms with Crippen LogP contribution >= 0.6 is 11.8 Å². The predicted octanol–water partition coefficient (Wildman–Crippen LogP) is 2.44. The van der Waals surface area contributed by atoms with E-state index < -0.39 is 0 Å². The zero-order valence-corrected chi connectivity index (χ0v) is 11.8. The van der Waals surface area contributed by atoms with Gasteiger partial charge < -0.3 is 0 Å². The average Bonchev–Trinajstić information content (AvgIpc) is 3.15. The summed E-state index contributed by atoms with van der Waals surface area (Å²) in [5.74, 6) is 3.14. The first kappa shape index (κ1) is 12.9. The molecule has 3 aromatic rings. The maximum atomic E-state index is 4.46. The third-order valence-corrected chi connectivity index (χ3v) is 3.60. The van der Waals surface area contributed by atoms with Gasteiger partial charge in [0.1, 0.15) is 11.6 Å². The first-order valence-corrected chi connectivity index (χ1v) is 7.34. The van der Waals surface area contributed by atoms with Crippen LogP contribution in [0.3, 0.4) is 0 Å². The molecule has 6 nitrogen and oxygen atoms in total. The van der Waals surface area contributed by atoms with Gasteiger partial charge in [-0.2, -0.15) is 5.10 Å². The minimum atomic E-state index is 0.680. The van der Waals surface area contributed by atoms with E-state index >= 15 is 0 Å². The molecule has 0 unspecified atom stereocenters. The molecule has 0 aliphatic heterocycles. The van der Waals surface area contributed by atoms with E-state index in [1.54, 1.807) is 0 Å². The number of hydrogen-bond acceptors (Lipinski definition) is 5. The molecule has 3 rings (SSSR count). The van der Waals surface area contributed by atoms with Gasteiger partial charge in [-0.05, 0) is 0 Å². The van der Waals surface area contributed by atoms with E-state index in [0.29, 0.717) is 10.9 Å². The molecule has 0 fully saturated rings. The zero-order valence-electron chi connectivity index (χ0n) is 11.0. The highest BCUT2D eigenvalue weighted by atomic mass is 32.2. The van der Waals surface area contributed by atoms with Crippen molar-refractivity contribution in [2.24, 2.45) is 0 Å². The topological polar surface area (TPSA) is 83.1 Å². The van der Waals surface area contributed by atoms with Crippen LogP contribution in [0.5, 0.6) is 0 Å². The lowest BCUT2D eigenvalue weighted by Gasteiger charge is -1.93. The fraction of sp³-hybridized carbons (Fsp3) is 0.231. The minimum Gasteiger partial charge on any atom is -0.262 e. The van der Waals surface area contributed by atoms with Crippen molar-refractivity contribution in [2.75, 3.05) is 0 Å².